The summed E-state index contributed by atoms with van der Waals surface area (Å²) < 4.78 is 5.32. The monoisotopic (exact) mass is 214 g/mol. The van der Waals surface area contributed by atoms with E-state index in [-0.39, 0.29) is 0 Å². The van der Waals surface area contributed by atoms with Gasteiger partial charge in [0.05, 0.1) is 0 Å². The maximum Gasteiger partial charge on any atom is 0.0469 e. The Balaban J connectivity index is 1.79. The topological polar surface area (TPSA) is 33.3 Å². The second kappa shape index (κ2) is 9.13. The number of hydrazine groups is 1. The number of unbranched alkanes of at least 4 members (excludes halogenated alkanes) is 3. The van der Waals surface area contributed by atoms with Crippen LogP contribution >= 0.6 is 0 Å². The van der Waals surface area contributed by atoms with E-state index in [9.17, 15) is 0 Å². The molecule has 0 aromatic heterocycles. The van der Waals surface area contributed by atoms with E-state index in [2.05, 4.69) is 17.8 Å². The minimum Gasteiger partial charge on any atom is -0.381 e. The lowest BCUT2D eigenvalue weighted by Gasteiger charge is -2.22. The summed E-state index contributed by atoms with van der Waals surface area (Å²) in [5.41, 5.74) is 6.63. The minimum atomic E-state index is 0.807. The van der Waals surface area contributed by atoms with E-state index in [1.807, 2.05) is 0 Å². The molecule has 0 bridgehead atoms. The molecule has 0 spiro atoms. The molecule has 1 saturated heterocycles. The van der Waals surface area contributed by atoms with Gasteiger partial charge in [0.15, 0.2) is 0 Å². The maximum atomic E-state index is 5.32. The zero-order valence-corrected chi connectivity index (χ0v) is 10.1. The molecule has 0 amide bonds. The first kappa shape index (κ1) is 12.9. The lowest BCUT2D eigenvalue weighted by Crippen LogP contribution is -2.38. The van der Waals surface area contributed by atoms with Gasteiger partial charge in [0.2, 0.25) is 0 Å². The average Bonchev–Trinajstić information content (AvgIpc) is 2.29. The van der Waals surface area contributed by atoms with E-state index in [4.69, 9.17) is 4.74 Å². The molecule has 1 heterocycles. The Morgan fingerprint density at radius 3 is 2.60 bits per heavy atom. The molecule has 0 aliphatic carbocycles. The van der Waals surface area contributed by atoms with Gasteiger partial charge in [-0.25, -0.2) is 0 Å². The highest BCUT2D eigenvalue weighted by Gasteiger charge is 2.12. The fourth-order valence-corrected chi connectivity index (χ4v) is 1.90. The van der Waals surface area contributed by atoms with Crippen LogP contribution in [-0.2, 0) is 4.74 Å². The predicted octanol–water partition coefficient (Wildman–Crippen LogP) is 2.09. The molecule has 1 aliphatic heterocycles. The summed E-state index contributed by atoms with van der Waals surface area (Å²) >= 11 is 0. The normalized spacial score (nSPS) is 18.2. The van der Waals surface area contributed by atoms with Crippen LogP contribution in [0.5, 0.6) is 0 Å². The maximum absolute atomic E-state index is 5.32. The summed E-state index contributed by atoms with van der Waals surface area (Å²) in [5, 5.41) is 0. The molecular weight excluding hydrogens is 188 g/mol. The molecule has 3 nitrogen and oxygen atoms in total. The van der Waals surface area contributed by atoms with Gasteiger partial charge in [-0.1, -0.05) is 26.2 Å². The Hall–Kier alpha value is -0.120. The fraction of sp³-hybridized carbons (Fsp3) is 1.00. The van der Waals surface area contributed by atoms with Gasteiger partial charge >= 0.3 is 0 Å². The molecule has 15 heavy (non-hydrogen) atoms. The molecule has 1 rings (SSSR count). The predicted molar refractivity (Wildman–Crippen MR) is 63.7 cm³/mol. The van der Waals surface area contributed by atoms with Gasteiger partial charge in [-0.15, -0.1) is 0 Å². The third-order valence-electron chi connectivity index (χ3n) is 3.01. The van der Waals surface area contributed by atoms with Gasteiger partial charge in [0.1, 0.15) is 0 Å². The van der Waals surface area contributed by atoms with E-state index in [1.165, 1.54) is 38.5 Å². The van der Waals surface area contributed by atoms with Crippen LogP contribution in [-0.4, -0.2) is 26.3 Å². The molecule has 90 valence electrons. The first-order chi connectivity index (χ1) is 7.43. The largest absolute Gasteiger partial charge is 0.381 e. The van der Waals surface area contributed by atoms with Crippen molar-refractivity contribution in [3.05, 3.63) is 0 Å². The van der Waals surface area contributed by atoms with Crippen LogP contribution in [0.15, 0.2) is 0 Å². The number of nitrogens with one attached hydrogen (secondary N) is 2. The highest BCUT2D eigenvalue weighted by atomic mass is 16.5. The average molecular weight is 214 g/mol. The van der Waals surface area contributed by atoms with Gasteiger partial charge < -0.3 is 4.74 Å². The summed E-state index contributed by atoms with van der Waals surface area (Å²) in [6.45, 7) is 6.34. The highest BCUT2D eigenvalue weighted by Crippen LogP contribution is 2.12. The molecule has 3 heteroatoms. The Morgan fingerprint density at radius 1 is 1.07 bits per heavy atom. The van der Waals surface area contributed by atoms with E-state index in [0.717, 1.165) is 32.2 Å². The van der Waals surface area contributed by atoms with Crippen molar-refractivity contribution >= 4 is 0 Å². The second-order valence-corrected chi connectivity index (χ2v) is 4.42. The van der Waals surface area contributed by atoms with Crippen LogP contribution in [0.25, 0.3) is 0 Å². The van der Waals surface area contributed by atoms with Gasteiger partial charge in [0.25, 0.3) is 0 Å². The van der Waals surface area contributed by atoms with Gasteiger partial charge in [-0.2, -0.15) is 0 Å². The summed E-state index contributed by atoms with van der Waals surface area (Å²) in [4.78, 5) is 0. The molecule has 1 fully saturated rings. The number of rotatable bonds is 8. The van der Waals surface area contributed by atoms with Crippen LogP contribution in [0.4, 0.5) is 0 Å². The van der Waals surface area contributed by atoms with Crippen LogP contribution in [0.3, 0.4) is 0 Å². The van der Waals surface area contributed by atoms with E-state index in [1.54, 1.807) is 0 Å². The van der Waals surface area contributed by atoms with Crippen molar-refractivity contribution in [1.82, 2.24) is 10.9 Å². The molecule has 0 unspecified atom stereocenters. The summed E-state index contributed by atoms with van der Waals surface area (Å²) in [7, 11) is 0. The summed E-state index contributed by atoms with van der Waals surface area (Å²) in [6.07, 6.45) is 7.74. The third kappa shape index (κ3) is 6.88. The van der Waals surface area contributed by atoms with Crippen molar-refractivity contribution in [3.63, 3.8) is 0 Å². The van der Waals surface area contributed by atoms with Crippen molar-refractivity contribution < 1.29 is 4.74 Å². The standard InChI is InChI=1S/C12H26N2O/c1-2-3-4-5-8-13-14-11-12-6-9-15-10-7-12/h12-14H,2-11H2,1H3. The molecule has 0 saturated carbocycles. The van der Waals surface area contributed by atoms with Gasteiger partial charge in [-0.3, -0.25) is 10.9 Å². The molecule has 0 radical (unpaired) electrons. The summed E-state index contributed by atoms with van der Waals surface area (Å²) in [6, 6.07) is 0. The van der Waals surface area contributed by atoms with Crippen LogP contribution < -0.4 is 10.9 Å². The Labute approximate surface area is 93.9 Å². The van der Waals surface area contributed by atoms with Crippen molar-refractivity contribution in [2.45, 2.75) is 45.4 Å². The Morgan fingerprint density at radius 2 is 1.87 bits per heavy atom. The first-order valence-corrected chi connectivity index (χ1v) is 6.47. The van der Waals surface area contributed by atoms with Crippen molar-refractivity contribution in [3.8, 4) is 0 Å². The zero-order valence-electron chi connectivity index (χ0n) is 10.1. The van der Waals surface area contributed by atoms with Crippen LogP contribution in [0.2, 0.25) is 0 Å². The molecule has 0 aromatic carbocycles. The number of ether oxygens (including phenoxy) is 1. The smallest absolute Gasteiger partial charge is 0.0469 e. The Kier molecular flexibility index (Phi) is 7.88. The molecule has 0 atom stereocenters. The Bertz CT molecular complexity index is 136. The second-order valence-electron chi connectivity index (χ2n) is 4.42. The van der Waals surface area contributed by atoms with Crippen molar-refractivity contribution in [2.75, 3.05) is 26.3 Å². The lowest BCUT2D eigenvalue weighted by molar-refractivity contribution is 0.0652. The van der Waals surface area contributed by atoms with Crippen LogP contribution in [0, 0.1) is 5.92 Å². The van der Waals surface area contributed by atoms with Crippen molar-refractivity contribution in [1.29, 1.82) is 0 Å². The molecule has 1 aliphatic rings. The first-order valence-electron chi connectivity index (χ1n) is 6.47. The molecule has 0 aromatic rings. The number of hydrogen-bond acceptors (Lipinski definition) is 3. The van der Waals surface area contributed by atoms with E-state index < -0.39 is 0 Å². The van der Waals surface area contributed by atoms with E-state index in [0.29, 0.717) is 0 Å². The van der Waals surface area contributed by atoms with E-state index >= 15 is 0 Å². The highest BCUT2D eigenvalue weighted by molar-refractivity contribution is 4.64. The quantitative estimate of drug-likeness (QED) is 0.479. The zero-order chi connectivity index (χ0) is 10.8. The summed E-state index contributed by atoms with van der Waals surface area (Å²) in [5.74, 6) is 0.807. The van der Waals surface area contributed by atoms with Crippen LogP contribution in [0.1, 0.15) is 45.4 Å². The minimum absolute atomic E-state index is 0.807. The molecular formula is C12H26N2O. The SMILES string of the molecule is CCCCCCNNCC1CCOCC1. The van der Waals surface area contributed by atoms with Gasteiger partial charge in [-0.05, 0) is 25.2 Å². The van der Waals surface area contributed by atoms with Gasteiger partial charge in [0, 0.05) is 26.3 Å². The number of hydrogen-bond donors (Lipinski definition) is 2. The third-order valence-corrected chi connectivity index (χ3v) is 3.01. The van der Waals surface area contributed by atoms with Crippen molar-refractivity contribution in [2.24, 2.45) is 5.92 Å². The lowest BCUT2D eigenvalue weighted by atomic mass is 10.0. The fourth-order valence-electron chi connectivity index (χ4n) is 1.90. The molecule has 2 N–H and O–H groups in total.